The maximum atomic E-state index is 12.9. The Hall–Kier alpha value is -2.83. The van der Waals surface area contributed by atoms with Crippen molar-refractivity contribution < 1.29 is 18.7 Å². The van der Waals surface area contributed by atoms with Crippen LogP contribution in [0.3, 0.4) is 0 Å². The van der Waals surface area contributed by atoms with Gasteiger partial charge < -0.3 is 19.0 Å². The first kappa shape index (κ1) is 20.4. The first-order chi connectivity index (χ1) is 14.3. The number of nitrogens with zero attached hydrogens (tertiary/aromatic N) is 2. The van der Waals surface area contributed by atoms with Gasteiger partial charge in [0.05, 0.1) is 0 Å². The Bertz CT molecular complexity index is 1040. The Morgan fingerprint density at radius 2 is 1.97 bits per heavy atom. The topological polar surface area (TPSA) is 80.1 Å². The van der Waals surface area contributed by atoms with Crippen molar-refractivity contribution in [3.63, 3.8) is 0 Å². The molecule has 2 fully saturated rings. The summed E-state index contributed by atoms with van der Waals surface area (Å²) < 4.78 is 11.2. The SMILES string of the molecule is CCc1cc(=O)oc2cc(OC(C)C(=O)N3CCC4(CC3)CC(=O)N(C)C4)ccc12. The van der Waals surface area contributed by atoms with E-state index in [4.69, 9.17) is 9.15 Å². The third kappa shape index (κ3) is 3.80. The molecular weight excluding hydrogens is 384 g/mol. The number of likely N-dealkylation sites (tertiary alicyclic amines) is 2. The first-order valence-corrected chi connectivity index (χ1v) is 10.6. The lowest BCUT2D eigenvalue weighted by atomic mass is 9.77. The van der Waals surface area contributed by atoms with E-state index in [0.29, 0.717) is 30.8 Å². The van der Waals surface area contributed by atoms with Crippen LogP contribution in [0.5, 0.6) is 5.75 Å². The number of carbonyl (C=O) groups excluding carboxylic acids is 2. The second-order valence-corrected chi connectivity index (χ2v) is 8.61. The lowest BCUT2D eigenvalue weighted by Gasteiger charge is -2.39. The van der Waals surface area contributed by atoms with Crippen LogP contribution >= 0.6 is 0 Å². The van der Waals surface area contributed by atoms with Gasteiger partial charge in [0.1, 0.15) is 11.3 Å². The zero-order valence-electron chi connectivity index (χ0n) is 17.8. The van der Waals surface area contributed by atoms with Gasteiger partial charge in [-0.1, -0.05) is 6.92 Å². The molecule has 160 valence electrons. The highest BCUT2D eigenvalue weighted by molar-refractivity contribution is 5.83. The number of hydrogen-bond acceptors (Lipinski definition) is 5. The van der Waals surface area contributed by atoms with E-state index in [-0.39, 0.29) is 22.9 Å². The van der Waals surface area contributed by atoms with Gasteiger partial charge in [0.2, 0.25) is 5.91 Å². The molecule has 0 radical (unpaired) electrons. The summed E-state index contributed by atoms with van der Waals surface area (Å²) in [6.45, 7) is 5.78. The molecule has 2 aliphatic rings. The van der Waals surface area contributed by atoms with Gasteiger partial charge in [-0.05, 0) is 43.9 Å². The largest absolute Gasteiger partial charge is 0.481 e. The van der Waals surface area contributed by atoms with Crippen molar-refractivity contribution >= 4 is 22.8 Å². The number of aryl methyl sites for hydroxylation is 1. The minimum atomic E-state index is -0.648. The second kappa shape index (κ2) is 7.78. The van der Waals surface area contributed by atoms with Gasteiger partial charge in [0.25, 0.3) is 5.91 Å². The Kier molecular flexibility index (Phi) is 5.30. The second-order valence-electron chi connectivity index (χ2n) is 8.61. The van der Waals surface area contributed by atoms with Crippen LogP contribution in [-0.4, -0.2) is 54.4 Å². The fourth-order valence-electron chi connectivity index (χ4n) is 4.73. The summed E-state index contributed by atoms with van der Waals surface area (Å²) in [7, 11) is 1.85. The van der Waals surface area contributed by atoms with Gasteiger partial charge >= 0.3 is 5.63 Å². The molecule has 7 heteroatoms. The Balaban J connectivity index is 1.42. The molecule has 1 spiro atoms. The van der Waals surface area contributed by atoms with Gasteiger partial charge in [-0.2, -0.15) is 0 Å². The van der Waals surface area contributed by atoms with Crippen molar-refractivity contribution in [1.82, 2.24) is 9.80 Å². The van der Waals surface area contributed by atoms with E-state index >= 15 is 0 Å². The number of amides is 2. The van der Waals surface area contributed by atoms with Crippen LogP contribution in [0.4, 0.5) is 0 Å². The van der Waals surface area contributed by atoms with E-state index in [2.05, 4.69) is 0 Å². The molecule has 1 atom stereocenters. The van der Waals surface area contributed by atoms with E-state index in [9.17, 15) is 14.4 Å². The molecule has 2 saturated heterocycles. The van der Waals surface area contributed by atoms with Gasteiger partial charge in [0.15, 0.2) is 6.10 Å². The van der Waals surface area contributed by atoms with E-state index in [1.807, 2.05) is 24.9 Å². The maximum Gasteiger partial charge on any atom is 0.336 e. The van der Waals surface area contributed by atoms with Crippen molar-refractivity contribution in [2.24, 2.45) is 5.41 Å². The fraction of sp³-hybridized carbons (Fsp3) is 0.522. The summed E-state index contributed by atoms with van der Waals surface area (Å²) in [5, 5.41) is 0.876. The van der Waals surface area contributed by atoms with Crippen LogP contribution in [0.25, 0.3) is 11.0 Å². The number of ether oxygens (including phenoxy) is 1. The molecule has 0 N–H and O–H groups in total. The standard InChI is InChI=1S/C23H28N2O5/c1-4-16-11-21(27)30-19-12-17(5-6-18(16)19)29-15(2)22(28)25-9-7-23(8-10-25)13-20(26)24(3)14-23/h5-6,11-12,15H,4,7-10,13-14H2,1-3H3. The van der Waals surface area contributed by atoms with Gasteiger partial charge in [-0.25, -0.2) is 4.79 Å². The zero-order chi connectivity index (χ0) is 21.5. The molecule has 30 heavy (non-hydrogen) atoms. The van der Waals surface area contributed by atoms with Crippen LogP contribution in [0.2, 0.25) is 0 Å². The molecular formula is C23H28N2O5. The molecule has 3 heterocycles. The summed E-state index contributed by atoms with van der Waals surface area (Å²) in [4.78, 5) is 40.2. The third-order valence-electron chi connectivity index (χ3n) is 6.50. The highest BCUT2D eigenvalue weighted by Gasteiger charge is 2.44. The Labute approximate surface area is 175 Å². The van der Waals surface area contributed by atoms with E-state index in [0.717, 1.165) is 36.8 Å². The smallest absolute Gasteiger partial charge is 0.336 e. The summed E-state index contributed by atoms with van der Waals surface area (Å²) >= 11 is 0. The lowest BCUT2D eigenvalue weighted by molar-refractivity contribution is -0.140. The quantitative estimate of drug-likeness (QED) is 0.721. The van der Waals surface area contributed by atoms with Gasteiger partial charge in [-0.3, -0.25) is 9.59 Å². The minimum absolute atomic E-state index is 0.0135. The molecule has 0 aliphatic carbocycles. The summed E-state index contributed by atoms with van der Waals surface area (Å²) in [5.74, 6) is 0.628. The average molecular weight is 412 g/mol. The molecule has 1 aromatic carbocycles. The van der Waals surface area contributed by atoms with Crippen molar-refractivity contribution in [2.45, 2.75) is 45.6 Å². The summed E-state index contributed by atoms with van der Waals surface area (Å²) in [6, 6.07) is 6.84. The Morgan fingerprint density at radius 1 is 1.23 bits per heavy atom. The number of fused-ring (bicyclic) bond motifs is 1. The Morgan fingerprint density at radius 3 is 2.60 bits per heavy atom. The molecule has 0 saturated carbocycles. The van der Waals surface area contributed by atoms with Crippen LogP contribution in [0.15, 0.2) is 33.5 Å². The van der Waals surface area contributed by atoms with E-state index in [1.54, 1.807) is 24.0 Å². The number of hydrogen-bond donors (Lipinski definition) is 0. The van der Waals surface area contributed by atoms with Gasteiger partial charge in [0, 0.05) is 56.0 Å². The third-order valence-corrected chi connectivity index (χ3v) is 6.50. The number of carbonyl (C=O) groups is 2. The molecule has 2 aliphatic heterocycles. The molecule has 2 amide bonds. The molecule has 1 unspecified atom stereocenters. The monoisotopic (exact) mass is 412 g/mol. The molecule has 2 aromatic rings. The number of benzene rings is 1. The van der Waals surface area contributed by atoms with Crippen LogP contribution < -0.4 is 10.4 Å². The summed E-state index contributed by atoms with van der Waals surface area (Å²) in [6.07, 6.45) is 2.34. The molecule has 1 aromatic heterocycles. The molecule has 7 nitrogen and oxygen atoms in total. The minimum Gasteiger partial charge on any atom is -0.481 e. The predicted molar refractivity (Wildman–Crippen MR) is 112 cm³/mol. The normalized spacial score (nSPS) is 19.5. The molecule has 4 rings (SSSR count). The van der Waals surface area contributed by atoms with Crippen molar-refractivity contribution in [1.29, 1.82) is 0 Å². The van der Waals surface area contributed by atoms with Crippen molar-refractivity contribution in [3.8, 4) is 5.75 Å². The highest BCUT2D eigenvalue weighted by Crippen LogP contribution is 2.40. The number of rotatable bonds is 4. The fourth-order valence-corrected chi connectivity index (χ4v) is 4.73. The molecule has 0 bridgehead atoms. The zero-order valence-corrected chi connectivity index (χ0v) is 17.8. The summed E-state index contributed by atoms with van der Waals surface area (Å²) in [5.41, 5.74) is 1.01. The van der Waals surface area contributed by atoms with Crippen LogP contribution in [0.1, 0.15) is 38.7 Å². The predicted octanol–water partition coefficient (Wildman–Crippen LogP) is 2.59. The van der Waals surface area contributed by atoms with Crippen LogP contribution in [-0.2, 0) is 16.0 Å². The van der Waals surface area contributed by atoms with Crippen LogP contribution in [0, 0.1) is 5.41 Å². The van der Waals surface area contributed by atoms with E-state index < -0.39 is 6.10 Å². The highest BCUT2D eigenvalue weighted by atomic mass is 16.5. The lowest BCUT2D eigenvalue weighted by Crippen LogP contribution is -2.48. The average Bonchev–Trinajstić information content (AvgIpc) is 2.99. The number of piperidine rings is 1. The van der Waals surface area contributed by atoms with E-state index in [1.165, 1.54) is 6.07 Å². The van der Waals surface area contributed by atoms with Crippen molar-refractivity contribution in [3.05, 3.63) is 40.2 Å². The maximum absolute atomic E-state index is 12.9. The first-order valence-electron chi connectivity index (χ1n) is 10.6. The van der Waals surface area contributed by atoms with Crippen molar-refractivity contribution in [2.75, 3.05) is 26.7 Å². The van der Waals surface area contributed by atoms with Gasteiger partial charge in [-0.15, -0.1) is 0 Å².